The lowest BCUT2D eigenvalue weighted by Crippen LogP contribution is -2.50. The number of benzene rings is 1. The van der Waals surface area contributed by atoms with Crippen LogP contribution < -0.4 is 10.6 Å². The van der Waals surface area contributed by atoms with Gasteiger partial charge in [-0.05, 0) is 68.1 Å². The summed E-state index contributed by atoms with van der Waals surface area (Å²) in [6, 6.07) is 4.17. The van der Waals surface area contributed by atoms with Crippen molar-refractivity contribution in [3.63, 3.8) is 0 Å². The fourth-order valence-electron chi connectivity index (χ4n) is 4.46. The number of amides is 2. The molecule has 1 aromatic carbocycles. The fourth-order valence-corrected chi connectivity index (χ4v) is 4.46. The molecule has 138 valence electrons. The van der Waals surface area contributed by atoms with E-state index in [4.69, 9.17) is 4.74 Å². The largest absolute Gasteiger partial charge is 0.507 e. The Morgan fingerprint density at radius 3 is 2.60 bits per heavy atom. The van der Waals surface area contributed by atoms with Gasteiger partial charge in [-0.15, -0.1) is 0 Å². The molecule has 1 spiro atoms. The Balaban J connectivity index is 1.48. The van der Waals surface area contributed by atoms with Gasteiger partial charge in [-0.1, -0.05) is 18.6 Å². The van der Waals surface area contributed by atoms with E-state index in [1.165, 1.54) is 12.8 Å². The van der Waals surface area contributed by atoms with Gasteiger partial charge in [0.25, 0.3) is 0 Å². The van der Waals surface area contributed by atoms with Crippen molar-refractivity contribution in [3.8, 4) is 5.75 Å². The van der Waals surface area contributed by atoms with Crippen LogP contribution in [-0.2, 0) is 11.2 Å². The van der Waals surface area contributed by atoms with Gasteiger partial charge < -0.3 is 20.5 Å². The van der Waals surface area contributed by atoms with E-state index < -0.39 is 0 Å². The van der Waals surface area contributed by atoms with Gasteiger partial charge in [0.15, 0.2) is 0 Å². The third-order valence-electron chi connectivity index (χ3n) is 5.95. The van der Waals surface area contributed by atoms with Gasteiger partial charge in [0.05, 0.1) is 0 Å². The van der Waals surface area contributed by atoms with Gasteiger partial charge in [-0.2, -0.15) is 0 Å². The van der Waals surface area contributed by atoms with E-state index in [2.05, 4.69) is 10.6 Å². The Bertz CT molecular complexity index is 600. The Morgan fingerprint density at radius 1 is 1.24 bits per heavy atom. The number of urea groups is 1. The molecule has 1 saturated carbocycles. The van der Waals surface area contributed by atoms with Crippen LogP contribution in [0.3, 0.4) is 0 Å². The molecular weight excluding hydrogens is 316 g/mol. The van der Waals surface area contributed by atoms with Crippen molar-refractivity contribution in [1.82, 2.24) is 10.6 Å². The average molecular weight is 346 g/mol. The molecule has 1 aliphatic heterocycles. The summed E-state index contributed by atoms with van der Waals surface area (Å²) in [5.74, 6) is 0.359. The second kappa shape index (κ2) is 7.65. The number of carbonyl (C=O) groups excluding carboxylic acids is 1. The van der Waals surface area contributed by atoms with Crippen molar-refractivity contribution in [2.75, 3.05) is 19.8 Å². The zero-order chi connectivity index (χ0) is 17.9. The predicted octanol–water partition coefficient (Wildman–Crippen LogP) is 3.20. The summed E-state index contributed by atoms with van der Waals surface area (Å²) >= 11 is 0. The lowest BCUT2D eigenvalue weighted by molar-refractivity contribution is 0.00625. The molecule has 1 aliphatic carbocycles. The molecule has 25 heavy (non-hydrogen) atoms. The Kier molecular flexibility index (Phi) is 5.52. The summed E-state index contributed by atoms with van der Waals surface area (Å²) in [4.78, 5) is 12.3. The molecule has 2 amide bonds. The fraction of sp³-hybridized carbons (Fsp3) is 0.650. The van der Waals surface area contributed by atoms with Crippen LogP contribution in [0.15, 0.2) is 12.1 Å². The van der Waals surface area contributed by atoms with Crippen molar-refractivity contribution in [2.45, 2.75) is 58.4 Å². The number of aromatic hydroxyl groups is 1. The number of carbonyl (C=O) groups is 1. The van der Waals surface area contributed by atoms with Gasteiger partial charge in [-0.25, -0.2) is 4.79 Å². The number of phenols is 1. The molecular formula is C20H30N2O3. The molecule has 0 unspecified atom stereocenters. The van der Waals surface area contributed by atoms with Crippen molar-refractivity contribution >= 4 is 6.03 Å². The van der Waals surface area contributed by atoms with Gasteiger partial charge in [0.1, 0.15) is 5.75 Å². The Hall–Kier alpha value is -1.75. The van der Waals surface area contributed by atoms with Crippen LogP contribution in [0, 0.1) is 19.3 Å². The maximum atomic E-state index is 12.3. The summed E-state index contributed by atoms with van der Waals surface area (Å²) in [6.07, 6.45) is 6.35. The highest BCUT2D eigenvalue weighted by Gasteiger charge is 2.44. The van der Waals surface area contributed by atoms with E-state index in [1.807, 2.05) is 26.0 Å². The van der Waals surface area contributed by atoms with Crippen LogP contribution in [0.5, 0.6) is 5.75 Å². The third-order valence-corrected chi connectivity index (χ3v) is 5.95. The minimum atomic E-state index is -0.0648. The average Bonchev–Trinajstić information content (AvgIpc) is 2.95. The van der Waals surface area contributed by atoms with Gasteiger partial charge in [-0.3, -0.25) is 0 Å². The molecule has 2 aliphatic rings. The Morgan fingerprint density at radius 2 is 1.92 bits per heavy atom. The van der Waals surface area contributed by atoms with Crippen LogP contribution in [0.2, 0.25) is 0 Å². The van der Waals surface area contributed by atoms with Crippen molar-refractivity contribution in [2.24, 2.45) is 5.41 Å². The van der Waals surface area contributed by atoms with E-state index in [0.717, 1.165) is 55.6 Å². The van der Waals surface area contributed by atoms with Crippen LogP contribution in [-0.4, -0.2) is 36.9 Å². The molecule has 1 heterocycles. The standard InChI is InChI=1S/C20H30N2O3/c1-14-12-16(13-15(2)18(14)23)5-9-21-19(24)22-17-4-3-6-20(17)7-10-25-11-8-20/h12-13,17,23H,3-11H2,1-2H3,(H2,21,22,24)/t17-/m1/s1. The highest BCUT2D eigenvalue weighted by molar-refractivity contribution is 5.74. The number of nitrogens with one attached hydrogen (secondary N) is 2. The van der Waals surface area contributed by atoms with E-state index in [1.54, 1.807) is 0 Å². The van der Waals surface area contributed by atoms with Crippen LogP contribution in [0.25, 0.3) is 0 Å². The van der Waals surface area contributed by atoms with Crippen LogP contribution in [0.4, 0.5) is 4.79 Å². The monoisotopic (exact) mass is 346 g/mol. The minimum Gasteiger partial charge on any atom is -0.507 e. The first-order valence-corrected chi connectivity index (χ1v) is 9.41. The second-order valence-electron chi connectivity index (χ2n) is 7.65. The molecule has 0 aromatic heterocycles. The van der Waals surface area contributed by atoms with E-state index >= 15 is 0 Å². The SMILES string of the molecule is Cc1cc(CCNC(=O)N[C@@H]2CCCC23CCOCC3)cc(C)c1O. The number of aryl methyl sites for hydroxylation is 2. The highest BCUT2D eigenvalue weighted by Crippen LogP contribution is 2.45. The van der Waals surface area contributed by atoms with Gasteiger partial charge >= 0.3 is 6.03 Å². The molecule has 5 nitrogen and oxygen atoms in total. The molecule has 5 heteroatoms. The van der Waals surface area contributed by atoms with E-state index in [-0.39, 0.29) is 17.5 Å². The zero-order valence-electron chi connectivity index (χ0n) is 15.4. The molecule has 1 aromatic rings. The van der Waals surface area contributed by atoms with Gasteiger partial charge in [0, 0.05) is 25.8 Å². The van der Waals surface area contributed by atoms with Crippen molar-refractivity contribution < 1.29 is 14.6 Å². The molecule has 0 bridgehead atoms. The molecule has 3 rings (SSSR count). The lowest BCUT2D eigenvalue weighted by atomic mass is 9.75. The molecule has 1 saturated heterocycles. The summed E-state index contributed by atoms with van der Waals surface area (Å²) in [7, 11) is 0. The van der Waals surface area contributed by atoms with E-state index in [9.17, 15) is 9.90 Å². The summed E-state index contributed by atoms with van der Waals surface area (Å²) in [5.41, 5.74) is 3.15. The normalized spacial score (nSPS) is 22.1. The van der Waals surface area contributed by atoms with E-state index in [0.29, 0.717) is 12.3 Å². The first kappa shape index (κ1) is 18.1. The number of ether oxygens (including phenoxy) is 1. The number of phenolic OH excluding ortho intramolecular Hbond substituents is 1. The number of hydrogen-bond donors (Lipinski definition) is 3. The first-order valence-electron chi connectivity index (χ1n) is 9.41. The number of rotatable bonds is 4. The number of hydrogen-bond acceptors (Lipinski definition) is 3. The summed E-state index contributed by atoms with van der Waals surface area (Å²) in [6.45, 7) is 6.04. The van der Waals surface area contributed by atoms with Crippen LogP contribution >= 0.6 is 0 Å². The highest BCUT2D eigenvalue weighted by atomic mass is 16.5. The third kappa shape index (κ3) is 4.09. The first-order chi connectivity index (χ1) is 12.0. The molecule has 1 atom stereocenters. The van der Waals surface area contributed by atoms with Crippen molar-refractivity contribution in [3.05, 3.63) is 28.8 Å². The lowest BCUT2D eigenvalue weighted by Gasteiger charge is -2.39. The maximum absolute atomic E-state index is 12.3. The predicted molar refractivity (Wildman–Crippen MR) is 97.9 cm³/mol. The Labute approximate surface area is 150 Å². The smallest absolute Gasteiger partial charge is 0.315 e. The molecule has 0 radical (unpaired) electrons. The maximum Gasteiger partial charge on any atom is 0.315 e. The van der Waals surface area contributed by atoms with Gasteiger partial charge in [0.2, 0.25) is 0 Å². The topological polar surface area (TPSA) is 70.6 Å². The minimum absolute atomic E-state index is 0.0648. The van der Waals surface area contributed by atoms with Crippen molar-refractivity contribution in [1.29, 1.82) is 0 Å². The molecule has 3 N–H and O–H groups in total. The van der Waals surface area contributed by atoms with Crippen LogP contribution in [0.1, 0.15) is 48.8 Å². The molecule has 2 fully saturated rings. The zero-order valence-corrected chi connectivity index (χ0v) is 15.4. The summed E-state index contributed by atoms with van der Waals surface area (Å²) < 4.78 is 5.50. The second-order valence-corrected chi connectivity index (χ2v) is 7.65. The summed E-state index contributed by atoms with van der Waals surface area (Å²) in [5, 5.41) is 16.0. The quantitative estimate of drug-likeness (QED) is 0.784.